The Labute approximate surface area is 73.2 Å². The van der Waals surface area contributed by atoms with Gasteiger partial charge in [-0.15, -0.1) is 5.10 Å². The molecule has 0 aromatic carbocycles. The number of pyridine rings is 1. The molecule has 0 bridgehead atoms. The molecule has 0 N–H and O–H groups in total. The van der Waals surface area contributed by atoms with Gasteiger partial charge in [0.1, 0.15) is 0 Å². The van der Waals surface area contributed by atoms with Crippen molar-refractivity contribution in [1.29, 1.82) is 0 Å². The predicted octanol–water partition coefficient (Wildman–Crippen LogP) is 1.78. The van der Waals surface area contributed by atoms with Crippen molar-refractivity contribution >= 4 is 11.6 Å². The van der Waals surface area contributed by atoms with Gasteiger partial charge in [-0.05, 0) is 23.7 Å². The molecule has 0 aliphatic heterocycles. The lowest BCUT2D eigenvalue weighted by Crippen LogP contribution is -1.77. The van der Waals surface area contributed by atoms with Crippen molar-refractivity contribution in [3.63, 3.8) is 0 Å². The first-order chi connectivity index (χ1) is 5.86. The molecule has 12 heavy (non-hydrogen) atoms. The standard InChI is InChI=1S/C7H4ClN3O/c8-7-11-10-6(12-7)5-1-3-9-4-2-5/h1-4H. The molecular weight excluding hydrogens is 178 g/mol. The van der Waals surface area contributed by atoms with Crippen molar-refractivity contribution in [3.8, 4) is 11.5 Å². The van der Waals surface area contributed by atoms with Crippen LogP contribution >= 0.6 is 11.6 Å². The van der Waals surface area contributed by atoms with Crippen LogP contribution in [-0.4, -0.2) is 15.2 Å². The highest BCUT2D eigenvalue weighted by Gasteiger charge is 2.04. The average Bonchev–Trinajstić information content (AvgIpc) is 2.54. The molecule has 2 aromatic rings. The summed E-state index contributed by atoms with van der Waals surface area (Å²) >= 11 is 5.45. The fourth-order valence-electron chi connectivity index (χ4n) is 0.816. The Hall–Kier alpha value is -1.42. The van der Waals surface area contributed by atoms with Gasteiger partial charge in [-0.25, -0.2) is 0 Å². The molecule has 0 saturated carbocycles. The van der Waals surface area contributed by atoms with Gasteiger partial charge in [0.2, 0.25) is 5.89 Å². The van der Waals surface area contributed by atoms with E-state index >= 15 is 0 Å². The van der Waals surface area contributed by atoms with Gasteiger partial charge in [-0.1, -0.05) is 5.10 Å². The van der Waals surface area contributed by atoms with E-state index in [1.807, 2.05) is 0 Å². The highest BCUT2D eigenvalue weighted by atomic mass is 35.5. The van der Waals surface area contributed by atoms with Gasteiger partial charge in [0, 0.05) is 18.0 Å². The molecule has 0 amide bonds. The van der Waals surface area contributed by atoms with Crippen molar-refractivity contribution < 1.29 is 4.42 Å². The summed E-state index contributed by atoms with van der Waals surface area (Å²) in [6.45, 7) is 0. The highest BCUT2D eigenvalue weighted by molar-refractivity contribution is 6.27. The van der Waals surface area contributed by atoms with Crippen LogP contribution in [0.4, 0.5) is 0 Å². The topological polar surface area (TPSA) is 51.8 Å². The van der Waals surface area contributed by atoms with Crippen LogP contribution in [0, 0.1) is 0 Å². The van der Waals surface area contributed by atoms with Crippen LogP contribution in [0.3, 0.4) is 0 Å². The van der Waals surface area contributed by atoms with E-state index in [0.29, 0.717) is 5.89 Å². The molecule has 0 aliphatic rings. The number of hydrogen-bond donors (Lipinski definition) is 0. The zero-order chi connectivity index (χ0) is 8.39. The molecule has 0 radical (unpaired) electrons. The number of hydrogen-bond acceptors (Lipinski definition) is 4. The van der Waals surface area contributed by atoms with Crippen LogP contribution in [0.15, 0.2) is 28.9 Å². The third-order valence-electron chi connectivity index (χ3n) is 1.33. The molecule has 0 spiro atoms. The molecule has 2 aromatic heterocycles. The van der Waals surface area contributed by atoms with Crippen LogP contribution in [0.5, 0.6) is 0 Å². The molecule has 2 rings (SSSR count). The van der Waals surface area contributed by atoms with Gasteiger partial charge in [0.05, 0.1) is 0 Å². The van der Waals surface area contributed by atoms with Crippen molar-refractivity contribution in [1.82, 2.24) is 15.2 Å². The van der Waals surface area contributed by atoms with E-state index in [-0.39, 0.29) is 5.35 Å². The van der Waals surface area contributed by atoms with Crippen LogP contribution < -0.4 is 0 Å². The largest absolute Gasteiger partial charge is 0.407 e. The predicted molar refractivity (Wildman–Crippen MR) is 42.5 cm³/mol. The minimum Gasteiger partial charge on any atom is -0.407 e. The maximum absolute atomic E-state index is 5.45. The second-order valence-electron chi connectivity index (χ2n) is 2.10. The van der Waals surface area contributed by atoms with Gasteiger partial charge in [0.15, 0.2) is 0 Å². The molecule has 0 aliphatic carbocycles. The molecular formula is C7H4ClN3O. The molecule has 0 saturated heterocycles. The first-order valence-corrected chi connectivity index (χ1v) is 3.63. The Morgan fingerprint density at radius 3 is 2.50 bits per heavy atom. The van der Waals surface area contributed by atoms with Gasteiger partial charge in [0.25, 0.3) is 0 Å². The third kappa shape index (κ3) is 1.29. The normalized spacial score (nSPS) is 10.1. The van der Waals surface area contributed by atoms with E-state index in [4.69, 9.17) is 16.0 Å². The summed E-state index contributed by atoms with van der Waals surface area (Å²) in [5, 5.41) is 7.27. The second-order valence-corrected chi connectivity index (χ2v) is 2.42. The Kier molecular flexibility index (Phi) is 1.75. The molecule has 0 fully saturated rings. The maximum atomic E-state index is 5.45. The van der Waals surface area contributed by atoms with Crippen molar-refractivity contribution in [2.45, 2.75) is 0 Å². The minimum atomic E-state index is 0.0433. The van der Waals surface area contributed by atoms with Gasteiger partial charge >= 0.3 is 5.35 Å². The summed E-state index contributed by atoms with van der Waals surface area (Å²) in [5.41, 5.74) is 0.810. The molecule has 5 heteroatoms. The molecule has 2 heterocycles. The quantitative estimate of drug-likeness (QED) is 0.673. The van der Waals surface area contributed by atoms with Crippen LogP contribution in [0.2, 0.25) is 5.35 Å². The van der Waals surface area contributed by atoms with E-state index < -0.39 is 0 Å². The van der Waals surface area contributed by atoms with Crippen molar-refractivity contribution in [2.75, 3.05) is 0 Å². The number of halogens is 1. The Morgan fingerprint density at radius 1 is 1.17 bits per heavy atom. The third-order valence-corrected chi connectivity index (χ3v) is 1.48. The maximum Gasteiger partial charge on any atom is 0.313 e. The molecule has 0 atom stereocenters. The van der Waals surface area contributed by atoms with E-state index in [1.165, 1.54) is 0 Å². The van der Waals surface area contributed by atoms with Gasteiger partial charge in [-0.2, -0.15) is 0 Å². The molecule has 0 unspecified atom stereocenters. The summed E-state index contributed by atoms with van der Waals surface area (Å²) in [5.74, 6) is 0.405. The Balaban J connectivity index is 2.45. The number of nitrogens with zero attached hydrogens (tertiary/aromatic N) is 3. The SMILES string of the molecule is Clc1nnc(-c2ccncc2)o1. The van der Waals surface area contributed by atoms with Gasteiger partial charge < -0.3 is 4.42 Å². The number of rotatable bonds is 1. The summed E-state index contributed by atoms with van der Waals surface area (Å²) in [4.78, 5) is 3.85. The molecule has 60 valence electrons. The molecule has 4 nitrogen and oxygen atoms in total. The van der Waals surface area contributed by atoms with Crippen LogP contribution in [-0.2, 0) is 0 Å². The Bertz CT molecular complexity index is 373. The monoisotopic (exact) mass is 181 g/mol. The van der Waals surface area contributed by atoms with Gasteiger partial charge in [-0.3, -0.25) is 4.98 Å². The minimum absolute atomic E-state index is 0.0433. The van der Waals surface area contributed by atoms with E-state index in [9.17, 15) is 0 Å². The lowest BCUT2D eigenvalue weighted by Gasteiger charge is -1.89. The summed E-state index contributed by atoms with van der Waals surface area (Å²) in [6, 6.07) is 3.54. The van der Waals surface area contributed by atoms with Crippen molar-refractivity contribution in [3.05, 3.63) is 29.9 Å². The summed E-state index contributed by atoms with van der Waals surface area (Å²) in [7, 11) is 0. The summed E-state index contributed by atoms with van der Waals surface area (Å²) in [6.07, 6.45) is 3.29. The smallest absolute Gasteiger partial charge is 0.313 e. The highest BCUT2D eigenvalue weighted by Crippen LogP contribution is 2.17. The summed E-state index contributed by atoms with van der Waals surface area (Å²) < 4.78 is 4.98. The van der Waals surface area contributed by atoms with E-state index in [1.54, 1.807) is 24.5 Å². The zero-order valence-electron chi connectivity index (χ0n) is 5.94. The fraction of sp³-hybridized carbons (Fsp3) is 0. The van der Waals surface area contributed by atoms with Crippen molar-refractivity contribution in [2.24, 2.45) is 0 Å². The Morgan fingerprint density at radius 2 is 1.92 bits per heavy atom. The number of aromatic nitrogens is 3. The first-order valence-electron chi connectivity index (χ1n) is 3.25. The van der Waals surface area contributed by atoms with Crippen LogP contribution in [0.1, 0.15) is 0 Å². The second kappa shape index (κ2) is 2.91. The lowest BCUT2D eigenvalue weighted by molar-refractivity contribution is 0.571. The first kappa shape index (κ1) is 7.24. The lowest BCUT2D eigenvalue weighted by atomic mass is 10.3. The fourth-order valence-corrected chi connectivity index (χ4v) is 0.927. The van der Waals surface area contributed by atoms with E-state index in [2.05, 4.69) is 15.2 Å². The van der Waals surface area contributed by atoms with Crippen LogP contribution in [0.25, 0.3) is 11.5 Å². The van der Waals surface area contributed by atoms with E-state index in [0.717, 1.165) is 5.56 Å². The average molecular weight is 182 g/mol. The zero-order valence-corrected chi connectivity index (χ0v) is 6.69.